The average Bonchev–Trinajstić information content (AvgIpc) is 3.33. The van der Waals surface area contributed by atoms with Crippen LogP contribution in [0.25, 0.3) is 22.0 Å². The van der Waals surface area contributed by atoms with Crippen molar-refractivity contribution in [3.63, 3.8) is 0 Å². The summed E-state index contributed by atoms with van der Waals surface area (Å²) >= 11 is 0. The first-order chi connectivity index (χ1) is 19.4. The Morgan fingerprint density at radius 1 is 1.15 bits per heavy atom. The van der Waals surface area contributed by atoms with Crippen LogP contribution in [0.3, 0.4) is 0 Å². The Labute approximate surface area is 233 Å². The Hall–Kier alpha value is -3.75. The second-order valence-corrected chi connectivity index (χ2v) is 10.7. The van der Waals surface area contributed by atoms with Crippen LogP contribution in [0.15, 0.2) is 71.7 Å². The van der Waals surface area contributed by atoms with Crippen molar-refractivity contribution < 1.29 is 13.9 Å². The molecule has 7 nitrogen and oxygen atoms in total. The number of rotatable bonds is 10. The van der Waals surface area contributed by atoms with Gasteiger partial charge in [0.15, 0.2) is 0 Å². The summed E-state index contributed by atoms with van der Waals surface area (Å²) in [7, 11) is 1.69. The summed E-state index contributed by atoms with van der Waals surface area (Å²) in [5.41, 5.74) is 11.1. The maximum Gasteiger partial charge on any atom is 0.248 e. The number of methoxy groups -OCH3 is 1. The van der Waals surface area contributed by atoms with Gasteiger partial charge in [0.1, 0.15) is 5.82 Å². The van der Waals surface area contributed by atoms with Crippen molar-refractivity contribution in [1.82, 2.24) is 14.5 Å². The van der Waals surface area contributed by atoms with Crippen LogP contribution in [0, 0.1) is 5.82 Å². The Kier molecular flexibility index (Phi) is 8.77. The molecule has 4 aromatic rings. The number of aromatic nitrogens is 2. The number of benzene rings is 2. The highest BCUT2D eigenvalue weighted by Crippen LogP contribution is 2.33. The first-order valence-corrected chi connectivity index (χ1v) is 14.0. The van der Waals surface area contributed by atoms with Gasteiger partial charge in [0.2, 0.25) is 11.5 Å². The van der Waals surface area contributed by atoms with Gasteiger partial charge in [-0.1, -0.05) is 30.3 Å². The lowest BCUT2D eigenvalue weighted by atomic mass is 9.93. The van der Waals surface area contributed by atoms with E-state index in [1.165, 1.54) is 6.07 Å². The van der Waals surface area contributed by atoms with Crippen molar-refractivity contribution in [2.45, 2.75) is 50.6 Å². The third kappa shape index (κ3) is 6.35. The Bertz CT molecular complexity index is 1510. The van der Waals surface area contributed by atoms with E-state index in [1.54, 1.807) is 25.4 Å². The molecule has 0 saturated carbocycles. The number of carbonyl (C=O) groups excluding carboxylic acids is 1. The predicted octanol–water partition coefficient (Wildman–Crippen LogP) is 4.84. The fraction of sp³-hybridized carbons (Fsp3) is 0.375. The number of fused-ring (bicyclic) bond motifs is 1. The topological polar surface area (TPSA) is 93.3 Å². The van der Waals surface area contributed by atoms with E-state index in [2.05, 4.69) is 9.55 Å². The van der Waals surface area contributed by atoms with Gasteiger partial charge in [0.05, 0.1) is 5.52 Å². The first kappa shape index (κ1) is 27.8. The molecule has 5 rings (SSSR count). The summed E-state index contributed by atoms with van der Waals surface area (Å²) in [6.45, 7) is 2.70. The fourth-order valence-corrected chi connectivity index (χ4v) is 5.85. The Balaban J connectivity index is 1.23. The van der Waals surface area contributed by atoms with E-state index in [0.717, 1.165) is 53.7 Å². The molecule has 0 bridgehead atoms. The number of aryl methyl sites for hydroxylation is 1. The van der Waals surface area contributed by atoms with Crippen LogP contribution < -0.4 is 11.3 Å². The van der Waals surface area contributed by atoms with Crippen LogP contribution in [-0.2, 0) is 22.5 Å². The zero-order valence-corrected chi connectivity index (χ0v) is 22.9. The summed E-state index contributed by atoms with van der Waals surface area (Å²) in [6, 6.07) is 18.3. The van der Waals surface area contributed by atoms with Gasteiger partial charge in [-0.05, 0) is 66.6 Å². The van der Waals surface area contributed by atoms with Crippen molar-refractivity contribution in [2.75, 3.05) is 26.8 Å². The van der Waals surface area contributed by atoms with Gasteiger partial charge in [-0.3, -0.25) is 9.59 Å². The molecule has 1 saturated heterocycles. The lowest BCUT2D eigenvalue weighted by Crippen LogP contribution is -2.42. The second kappa shape index (κ2) is 12.6. The summed E-state index contributed by atoms with van der Waals surface area (Å²) in [5, 5.41) is 0.630. The summed E-state index contributed by atoms with van der Waals surface area (Å²) in [4.78, 5) is 29.5. The van der Waals surface area contributed by atoms with Crippen molar-refractivity contribution >= 4 is 16.8 Å². The predicted molar refractivity (Wildman–Crippen MR) is 156 cm³/mol. The molecule has 0 spiro atoms. The molecule has 1 amide bonds. The smallest absolute Gasteiger partial charge is 0.248 e. The summed E-state index contributed by atoms with van der Waals surface area (Å²) in [6.07, 6.45) is 5.19. The van der Waals surface area contributed by atoms with Gasteiger partial charge in [-0.15, -0.1) is 0 Å². The molecular formula is C32H37FN4O3. The van der Waals surface area contributed by atoms with Crippen LogP contribution in [-0.4, -0.2) is 53.2 Å². The molecule has 2 unspecified atom stereocenters. The van der Waals surface area contributed by atoms with E-state index in [1.807, 2.05) is 47.4 Å². The molecule has 2 aromatic carbocycles. The standard InChI is InChI=1S/C32H37FN4O3/c1-40-16-4-15-37-29-7-2-6-28(33)27(29)20-30(37)25-5-3-14-36(21-25)32(39)19-26(34)17-22-8-10-23(11-9-22)24-12-13-35-31(38)18-24/h2,6-13,18,20,25-26H,3-5,14-17,19,21,34H2,1H3,(H,35,38). The number of halogens is 1. The first-order valence-electron chi connectivity index (χ1n) is 14.0. The van der Waals surface area contributed by atoms with E-state index < -0.39 is 0 Å². The summed E-state index contributed by atoms with van der Waals surface area (Å²) in [5.74, 6) is -0.0176. The second-order valence-electron chi connectivity index (χ2n) is 10.7. The largest absolute Gasteiger partial charge is 0.385 e. The van der Waals surface area contributed by atoms with E-state index >= 15 is 0 Å². The minimum atomic E-state index is -0.298. The third-order valence-electron chi connectivity index (χ3n) is 7.84. The molecule has 0 aliphatic carbocycles. The number of likely N-dealkylation sites (tertiary alicyclic amines) is 1. The monoisotopic (exact) mass is 544 g/mol. The van der Waals surface area contributed by atoms with Gasteiger partial charge < -0.3 is 24.9 Å². The Morgan fingerprint density at radius 3 is 2.75 bits per heavy atom. The minimum Gasteiger partial charge on any atom is -0.385 e. The lowest BCUT2D eigenvalue weighted by molar-refractivity contribution is -0.132. The van der Waals surface area contributed by atoms with Gasteiger partial charge in [-0.25, -0.2) is 4.39 Å². The molecule has 40 heavy (non-hydrogen) atoms. The number of H-pyrrole nitrogens is 1. The molecule has 2 aromatic heterocycles. The van der Waals surface area contributed by atoms with E-state index in [-0.39, 0.29) is 35.7 Å². The number of nitrogens with two attached hydrogens (primary N) is 1. The van der Waals surface area contributed by atoms with Crippen LogP contribution in [0.5, 0.6) is 0 Å². The van der Waals surface area contributed by atoms with Crippen LogP contribution in [0.2, 0.25) is 0 Å². The molecule has 3 N–H and O–H groups in total. The quantitative estimate of drug-likeness (QED) is 0.280. The molecule has 3 heterocycles. The number of aromatic amines is 1. The molecule has 0 radical (unpaired) electrons. The normalized spacial score (nSPS) is 16.4. The van der Waals surface area contributed by atoms with Gasteiger partial charge in [0.25, 0.3) is 0 Å². The fourth-order valence-electron chi connectivity index (χ4n) is 5.85. The van der Waals surface area contributed by atoms with Crippen molar-refractivity contribution in [2.24, 2.45) is 5.73 Å². The number of nitrogens with one attached hydrogen (secondary N) is 1. The number of pyridine rings is 1. The van der Waals surface area contributed by atoms with Gasteiger partial charge >= 0.3 is 0 Å². The average molecular weight is 545 g/mol. The number of piperidine rings is 1. The Morgan fingerprint density at radius 2 is 1.98 bits per heavy atom. The van der Waals surface area contributed by atoms with Crippen molar-refractivity contribution in [1.29, 1.82) is 0 Å². The number of carbonyl (C=O) groups is 1. The number of amides is 1. The number of hydrogen-bond donors (Lipinski definition) is 2. The number of ether oxygens (including phenoxy) is 1. The van der Waals surface area contributed by atoms with Gasteiger partial charge in [0, 0.05) is 75.1 Å². The van der Waals surface area contributed by atoms with Crippen LogP contribution >= 0.6 is 0 Å². The molecule has 1 fully saturated rings. The van der Waals surface area contributed by atoms with Crippen molar-refractivity contribution in [3.8, 4) is 11.1 Å². The molecule has 1 aliphatic heterocycles. The number of hydrogen-bond acceptors (Lipinski definition) is 4. The zero-order valence-electron chi connectivity index (χ0n) is 22.9. The molecular weight excluding hydrogens is 507 g/mol. The van der Waals surface area contributed by atoms with Crippen molar-refractivity contribution in [3.05, 3.63) is 94.3 Å². The minimum absolute atomic E-state index is 0.0607. The lowest BCUT2D eigenvalue weighted by Gasteiger charge is -2.34. The summed E-state index contributed by atoms with van der Waals surface area (Å²) < 4.78 is 22.1. The van der Waals surface area contributed by atoms with E-state index in [4.69, 9.17) is 10.5 Å². The number of nitrogens with zero attached hydrogens (tertiary/aromatic N) is 2. The van der Waals surface area contributed by atoms with Crippen LogP contribution in [0.1, 0.15) is 42.9 Å². The molecule has 1 aliphatic rings. The third-order valence-corrected chi connectivity index (χ3v) is 7.84. The maximum absolute atomic E-state index is 14.7. The van der Waals surface area contributed by atoms with E-state index in [9.17, 15) is 14.0 Å². The van der Waals surface area contributed by atoms with Gasteiger partial charge in [-0.2, -0.15) is 0 Å². The zero-order chi connectivity index (χ0) is 28.1. The van der Waals surface area contributed by atoms with E-state index in [0.29, 0.717) is 31.5 Å². The highest BCUT2D eigenvalue weighted by molar-refractivity contribution is 5.82. The molecule has 2 atom stereocenters. The maximum atomic E-state index is 14.7. The molecule has 210 valence electrons. The molecule has 8 heteroatoms. The SMILES string of the molecule is COCCCn1c(C2CCCN(C(=O)CC(N)Cc3ccc(-c4cc[nH]c(=O)c4)cc3)C2)cc2c(F)cccc21. The van der Waals surface area contributed by atoms with Crippen LogP contribution in [0.4, 0.5) is 4.39 Å². The highest BCUT2D eigenvalue weighted by atomic mass is 19.1. The highest BCUT2D eigenvalue weighted by Gasteiger charge is 2.28.